The van der Waals surface area contributed by atoms with Gasteiger partial charge in [0.1, 0.15) is 0 Å². The minimum Gasteiger partial charge on any atom is -0.481 e. The van der Waals surface area contributed by atoms with E-state index in [9.17, 15) is 4.79 Å². The number of alkyl halides is 2. The first-order valence-corrected chi connectivity index (χ1v) is 3.03. The van der Waals surface area contributed by atoms with Crippen LogP contribution in [0.25, 0.3) is 0 Å². The molecule has 0 radical (unpaired) electrons. The van der Waals surface area contributed by atoms with Crippen LogP contribution in [0.15, 0.2) is 0 Å². The van der Waals surface area contributed by atoms with Crippen molar-refractivity contribution in [1.82, 2.24) is 0 Å². The summed E-state index contributed by atoms with van der Waals surface area (Å²) in [4.78, 5) is 10.0. The fraction of sp³-hybridized carbons (Fsp3) is 0.750. The fourth-order valence-electron chi connectivity index (χ4n) is 0.512. The largest absolute Gasteiger partial charge is 0.481 e. The van der Waals surface area contributed by atoms with Crippen molar-refractivity contribution in [2.75, 3.05) is 0 Å². The lowest BCUT2D eigenvalue weighted by Crippen LogP contribution is -1.99. The first kappa shape index (κ1) is 6.17. The number of carbonyl (C=O) groups is 1. The van der Waals surface area contributed by atoms with Crippen LogP contribution in [0.3, 0.4) is 0 Å². The Hall–Kier alpha value is 0.0500. The average Bonchev–Trinajstić information content (AvgIpc) is 2.15. The van der Waals surface area contributed by atoms with Crippen molar-refractivity contribution >= 4 is 29.2 Å². The van der Waals surface area contributed by atoms with E-state index in [0.29, 0.717) is 0 Å². The first-order valence-electron chi connectivity index (χ1n) is 2.15. The molecule has 0 aromatic heterocycles. The van der Waals surface area contributed by atoms with Gasteiger partial charge in [0, 0.05) is 0 Å². The standard InChI is InChI=1S/C4H4Cl2O2/c5-2-1(3(2)6)4(7)8/h1-3H,(H,7,8). The van der Waals surface area contributed by atoms with Crippen LogP contribution < -0.4 is 0 Å². The van der Waals surface area contributed by atoms with E-state index in [2.05, 4.69) is 0 Å². The monoisotopic (exact) mass is 154 g/mol. The van der Waals surface area contributed by atoms with Gasteiger partial charge in [-0.1, -0.05) is 0 Å². The quantitative estimate of drug-likeness (QED) is 0.571. The van der Waals surface area contributed by atoms with E-state index in [0.717, 1.165) is 0 Å². The highest BCUT2D eigenvalue weighted by Gasteiger charge is 2.53. The Labute approximate surface area is 56.4 Å². The molecule has 2 nitrogen and oxygen atoms in total. The molecule has 1 N–H and O–H groups in total. The van der Waals surface area contributed by atoms with Crippen molar-refractivity contribution in [2.24, 2.45) is 5.92 Å². The number of carboxylic acid groups (broad SMARTS) is 1. The second kappa shape index (κ2) is 1.78. The molecule has 4 heteroatoms. The Bertz CT molecular complexity index is 117. The third-order valence-corrected chi connectivity index (χ3v) is 2.35. The Kier molecular flexibility index (Phi) is 1.37. The lowest BCUT2D eigenvalue weighted by atomic mass is 10.4. The molecule has 2 unspecified atom stereocenters. The smallest absolute Gasteiger partial charge is 0.309 e. The van der Waals surface area contributed by atoms with Crippen LogP contribution in [0.1, 0.15) is 0 Å². The molecule has 0 aromatic carbocycles. The minimum atomic E-state index is -0.898. The molecule has 1 fully saturated rings. The highest BCUT2D eigenvalue weighted by molar-refractivity contribution is 6.36. The molecule has 8 heavy (non-hydrogen) atoms. The Balaban J connectivity index is 2.44. The Morgan fingerprint density at radius 3 is 1.75 bits per heavy atom. The molecule has 0 spiro atoms. The molecule has 0 aliphatic heterocycles. The van der Waals surface area contributed by atoms with Gasteiger partial charge in [-0.05, 0) is 0 Å². The molecule has 1 rings (SSSR count). The SMILES string of the molecule is O=C(O)C1C(Cl)C1Cl. The van der Waals surface area contributed by atoms with E-state index in [4.69, 9.17) is 28.3 Å². The minimum absolute atomic E-state index is 0.353. The van der Waals surface area contributed by atoms with Crippen LogP contribution in [0, 0.1) is 5.92 Å². The van der Waals surface area contributed by atoms with Gasteiger partial charge in [0.05, 0.1) is 16.7 Å². The molecule has 1 aliphatic carbocycles. The summed E-state index contributed by atoms with van der Waals surface area (Å²) in [5.74, 6) is -1.41. The number of hydrogen-bond donors (Lipinski definition) is 1. The number of carboxylic acids is 1. The van der Waals surface area contributed by atoms with Gasteiger partial charge in [0.2, 0.25) is 0 Å². The predicted molar refractivity (Wildman–Crippen MR) is 30.4 cm³/mol. The summed E-state index contributed by atoms with van der Waals surface area (Å²) in [5.41, 5.74) is 0. The lowest BCUT2D eigenvalue weighted by Gasteiger charge is -1.79. The molecule has 0 bridgehead atoms. The van der Waals surface area contributed by atoms with E-state index in [1.165, 1.54) is 0 Å². The Morgan fingerprint density at radius 1 is 1.38 bits per heavy atom. The number of aliphatic carboxylic acids is 1. The molecular formula is C4H4Cl2O2. The third-order valence-electron chi connectivity index (χ3n) is 1.13. The number of halogens is 2. The highest BCUT2D eigenvalue weighted by Crippen LogP contribution is 2.41. The van der Waals surface area contributed by atoms with Gasteiger partial charge in [-0.3, -0.25) is 4.79 Å². The van der Waals surface area contributed by atoms with Gasteiger partial charge < -0.3 is 5.11 Å². The van der Waals surface area contributed by atoms with E-state index in [-0.39, 0.29) is 10.8 Å². The van der Waals surface area contributed by atoms with Crippen molar-refractivity contribution < 1.29 is 9.90 Å². The summed E-state index contributed by atoms with van der Waals surface area (Å²) in [6, 6.07) is 0. The second-order valence-corrected chi connectivity index (χ2v) is 2.76. The molecule has 2 atom stereocenters. The molecule has 0 aromatic rings. The molecule has 1 saturated carbocycles. The molecule has 46 valence electrons. The molecule has 0 amide bonds. The summed E-state index contributed by atoms with van der Waals surface area (Å²) >= 11 is 10.8. The van der Waals surface area contributed by atoms with Crippen molar-refractivity contribution in [3.63, 3.8) is 0 Å². The van der Waals surface area contributed by atoms with Gasteiger partial charge in [0.15, 0.2) is 0 Å². The molecule has 0 heterocycles. The average molecular weight is 155 g/mol. The van der Waals surface area contributed by atoms with Crippen molar-refractivity contribution in [3.8, 4) is 0 Å². The Morgan fingerprint density at radius 2 is 1.75 bits per heavy atom. The van der Waals surface area contributed by atoms with Gasteiger partial charge in [-0.15, -0.1) is 23.2 Å². The fourth-order valence-corrected chi connectivity index (χ4v) is 1.26. The predicted octanol–water partition coefficient (Wildman–Crippen LogP) is 0.916. The van der Waals surface area contributed by atoms with Gasteiger partial charge in [-0.2, -0.15) is 0 Å². The van der Waals surface area contributed by atoms with E-state index in [1.54, 1.807) is 0 Å². The van der Waals surface area contributed by atoms with Gasteiger partial charge in [-0.25, -0.2) is 0 Å². The van der Waals surface area contributed by atoms with Crippen LogP contribution in [-0.4, -0.2) is 21.8 Å². The maximum atomic E-state index is 10.0. The summed E-state index contributed by atoms with van der Waals surface area (Å²) < 4.78 is 0. The van der Waals surface area contributed by atoms with Crippen LogP contribution in [-0.2, 0) is 4.79 Å². The highest BCUT2D eigenvalue weighted by atomic mass is 35.5. The maximum Gasteiger partial charge on any atom is 0.309 e. The molecular weight excluding hydrogens is 151 g/mol. The van der Waals surface area contributed by atoms with Crippen molar-refractivity contribution in [1.29, 1.82) is 0 Å². The van der Waals surface area contributed by atoms with Gasteiger partial charge >= 0.3 is 5.97 Å². The normalized spacial score (nSPS) is 44.0. The number of hydrogen-bond acceptors (Lipinski definition) is 1. The summed E-state index contributed by atoms with van der Waals surface area (Å²) in [6.45, 7) is 0. The van der Waals surface area contributed by atoms with Crippen molar-refractivity contribution in [2.45, 2.75) is 10.8 Å². The van der Waals surface area contributed by atoms with E-state index >= 15 is 0 Å². The van der Waals surface area contributed by atoms with Crippen LogP contribution in [0.4, 0.5) is 0 Å². The maximum absolute atomic E-state index is 10.0. The summed E-state index contributed by atoms with van der Waals surface area (Å²) in [6.07, 6.45) is 0. The van der Waals surface area contributed by atoms with Gasteiger partial charge in [0.25, 0.3) is 0 Å². The lowest BCUT2D eigenvalue weighted by molar-refractivity contribution is -0.138. The first-order chi connectivity index (χ1) is 3.64. The third kappa shape index (κ3) is 0.782. The second-order valence-electron chi connectivity index (χ2n) is 1.75. The van der Waals surface area contributed by atoms with Crippen LogP contribution in [0.2, 0.25) is 0 Å². The number of rotatable bonds is 1. The van der Waals surface area contributed by atoms with E-state index in [1.807, 2.05) is 0 Å². The summed E-state index contributed by atoms with van der Waals surface area (Å²) in [5, 5.41) is 7.52. The molecule has 1 aliphatic rings. The zero-order valence-corrected chi connectivity index (χ0v) is 5.36. The zero-order valence-electron chi connectivity index (χ0n) is 3.84. The summed E-state index contributed by atoms with van der Waals surface area (Å²) in [7, 11) is 0. The topological polar surface area (TPSA) is 37.3 Å². The zero-order chi connectivity index (χ0) is 6.31. The van der Waals surface area contributed by atoms with Crippen LogP contribution in [0.5, 0.6) is 0 Å². The molecule has 0 saturated heterocycles. The van der Waals surface area contributed by atoms with Crippen molar-refractivity contribution in [3.05, 3.63) is 0 Å². The van der Waals surface area contributed by atoms with E-state index < -0.39 is 11.9 Å². The van der Waals surface area contributed by atoms with Crippen LogP contribution >= 0.6 is 23.2 Å².